The van der Waals surface area contributed by atoms with Crippen LogP contribution in [-0.2, 0) is 71.9 Å². The Kier molecular flexibility index (Phi) is 30.1. The average molecular weight is 1230 g/mol. The van der Waals surface area contributed by atoms with E-state index in [2.05, 4.69) is 47.9 Å². The van der Waals surface area contributed by atoms with Gasteiger partial charge in [-0.3, -0.25) is 71.9 Å². The fourth-order valence-electron chi connectivity index (χ4n) is 9.55. The van der Waals surface area contributed by atoms with Gasteiger partial charge >= 0.3 is 11.9 Å². The highest BCUT2D eigenvalue weighted by molar-refractivity contribution is 6.00. The average Bonchev–Trinajstić information content (AvgIpc) is 4.51. The lowest BCUT2D eigenvalue weighted by atomic mass is 10.1. The molecule has 3 rings (SSSR count). The number of amides is 13. The van der Waals surface area contributed by atoms with Gasteiger partial charge in [0.15, 0.2) is 0 Å². The number of rotatable bonds is 35. The van der Waals surface area contributed by atoms with E-state index >= 15 is 0 Å². The molecule has 0 aromatic rings. The SMILES string of the molecule is C[C@H](NC(=O)CNC(=O)[C@@H](NC(=O)[C@H](CCC(=O)O)NC(=O)[C@@H]1CCCN1C(=O)[C@H](CO)NC(=O)CNC(=O)[C@H](CO)NC(=O)[C@@H]1CCCN1C(=O)[C@@H]1CCCN1C(=O)[C@H](CCCCN)NC(=O)[C@H](CO)NC(=O)CN)[C@@H](C)O)C(=O)NCC(=O)O. The van der Waals surface area contributed by atoms with Crippen LogP contribution in [0.4, 0.5) is 0 Å². The number of nitrogens with zero attached hydrogens (tertiary/aromatic N) is 3. The number of nitrogens with one attached hydrogen (secondary N) is 10. The number of aliphatic hydroxyl groups is 4. The zero-order valence-electron chi connectivity index (χ0n) is 47.7. The summed E-state index contributed by atoms with van der Waals surface area (Å²) in [4.78, 5) is 198. The lowest BCUT2D eigenvalue weighted by Crippen LogP contribution is -2.60. The lowest BCUT2D eigenvalue weighted by molar-refractivity contribution is -0.148. The fourth-order valence-corrected chi connectivity index (χ4v) is 9.55. The van der Waals surface area contributed by atoms with Crippen LogP contribution < -0.4 is 64.6 Å². The van der Waals surface area contributed by atoms with E-state index in [9.17, 15) is 97.5 Å². The Morgan fingerprint density at radius 1 is 0.477 bits per heavy atom. The van der Waals surface area contributed by atoms with Crippen LogP contribution in [0.25, 0.3) is 0 Å². The van der Waals surface area contributed by atoms with Crippen LogP contribution in [-0.4, -0.2) is 273 Å². The molecule has 36 nitrogen and oxygen atoms in total. The summed E-state index contributed by atoms with van der Waals surface area (Å²) in [6.07, 6.45) is -0.784. The molecule has 13 amide bonds. The van der Waals surface area contributed by atoms with Crippen LogP contribution in [0.2, 0.25) is 0 Å². The van der Waals surface area contributed by atoms with Crippen LogP contribution in [0.15, 0.2) is 0 Å². The van der Waals surface area contributed by atoms with Crippen molar-refractivity contribution in [3.05, 3.63) is 0 Å². The summed E-state index contributed by atoms with van der Waals surface area (Å²) in [6, 6.07) is -14.4. The topological polar surface area (TPSA) is 559 Å². The van der Waals surface area contributed by atoms with Gasteiger partial charge in [-0.2, -0.15) is 0 Å². The number of carboxylic acids is 2. The smallest absolute Gasteiger partial charge is 0.322 e. The maximum absolute atomic E-state index is 14.2. The van der Waals surface area contributed by atoms with Crippen molar-refractivity contribution in [2.75, 3.05) is 72.2 Å². The number of nitrogens with two attached hydrogens (primary N) is 2. The van der Waals surface area contributed by atoms with Crippen molar-refractivity contribution in [3.8, 4) is 0 Å². The largest absolute Gasteiger partial charge is 0.481 e. The van der Waals surface area contributed by atoms with Gasteiger partial charge in [-0.05, 0) is 84.6 Å². The molecule has 0 aromatic carbocycles. The van der Waals surface area contributed by atoms with Crippen molar-refractivity contribution < 1.29 is 103 Å². The van der Waals surface area contributed by atoms with E-state index in [1.807, 2.05) is 5.32 Å². The highest BCUT2D eigenvalue weighted by Gasteiger charge is 2.45. The number of hydrogen-bond donors (Lipinski definition) is 18. The van der Waals surface area contributed by atoms with Gasteiger partial charge in [-0.1, -0.05) is 0 Å². The number of likely N-dealkylation sites (tertiary alicyclic amines) is 3. The second-order valence-corrected chi connectivity index (χ2v) is 20.5. The summed E-state index contributed by atoms with van der Waals surface area (Å²) < 4.78 is 0. The third-order valence-corrected chi connectivity index (χ3v) is 14.1. The molecule has 36 heteroatoms. The van der Waals surface area contributed by atoms with Gasteiger partial charge in [-0.15, -0.1) is 0 Å². The van der Waals surface area contributed by atoms with E-state index in [4.69, 9.17) is 16.6 Å². The zero-order valence-corrected chi connectivity index (χ0v) is 47.7. The van der Waals surface area contributed by atoms with Crippen LogP contribution in [0, 0.1) is 0 Å². The number of hydrogen-bond acceptors (Lipinski definition) is 21. The third kappa shape index (κ3) is 22.0. The molecular formula is C50H81N15O21. The molecule has 0 saturated carbocycles. The molecule has 0 bridgehead atoms. The van der Waals surface area contributed by atoms with Crippen molar-refractivity contribution in [1.82, 2.24) is 67.9 Å². The Labute approximate surface area is 492 Å². The number of carbonyl (C=O) groups excluding carboxylic acids is 13. The molecular weight excluding hydrogens is 1150 g/mol. The quantitative estimate of drug-likeness (QED) is 0.0262. The second-order valence-electron chi connectivity index (χ2n) is 20.5. The van der Waals surface area contributed by atoms with E-state index in [0.717, 1.165) is 11.8 Å². The molecule has 3 aliphatic rings. The summed E-state index contributed by atoms with van der Waals surface area (Å²) in [5.74, 6) is -14.7. The van der Waals surface area contributed by atoms with Gasteiger partial charge in [0, 0.05) is 26.1 Å². The molecule has 0 radical (unpaired) electrons. The summed E-state index contributed by atoms with van der Waals surface area (Å²) >= 11 is 0. The third-order valence-electron chi connectivity index (χ3n) is 14.1. The molecule has 3 fully saturated rings. The standard InChI is InChI=1S/C50H81N15O21/c1-25(41(77)55-21-39(75)76)56-36(71)19-54-47(83)40(26(2)69)62-43(79)27(12-13-38(73)74)59-45(81)32-9-5-15-63(32)49(85)31(24-68)58-37(72)20-53-42(78)29(22-66)61-46(82)33-10-6-16-64(33)50(86)34-11-7-17-65(34)48(84)28(8-3-4-14-51)60-44(80)30(23-67)57-35(70)18-52/h25-34,40,66-69H,3-24,51-52H2,1-2H3,(H,53,78)(H,54,83)(H,55,77)(H,56,71)(H,57,70)(H,58,72)(H,59,81)(H,60,80)(H,61,82)(H,62,79)(H,73,74)(H,75,76)/t25-,26+,27-,28-,29-,30-,31-,32-,33-,34-,40-/m0/s1. The van der Waals surface area contributed by atoms with E-state index in [0.29, 0.717) is 25.7 Å². The number of carboxylic acid groups (broad SMARTS) is 2. The lowest BCUT2D eigenvalue weighted by Gasteiger charge is -2.33. The van der Waals surface area contributed by atoms with Gasteiger partial charge in [0.05, 0.1) is 45.6 Å². The highest BCUT2D eigenvalue weighted by atomic mass is 16.4. The molecule has 0 spiro atoms. The summed E-state index contributed by atoms with van der Waals surface area (Å²) in [6.45, 7) is -3.06. The summed E-state index contributed by atoms with van der Waals surface area (Å²) in [5, 5.41) is 81.1. The van der Waals surface area contributed by atoms with Gasteiger partial charge < -0.3 is 110 Å². The Bertz CT molecular complexity index is 2470. The predicted molar refractivity (Wildman–Crippen MR) is 292 cm³/mol. The molecule has 11 atom stereocenters. The minimum absolute atomic E-state index is 0.0298. The van der Waals surface area contributed by atoms with Crippen molar-refractivity contribution in [3.63, 3.8) is 0 Å². The number of unbranched alkanes of at least 4 members (excludes halogenated alkanes) is 1. The summed E-state index contributed by atoms with van der Waals surface area (Å²) in [5.41, 5.74) is 11.0. The van der Waals surface area contributed by atoms with Gasteiger partial charge in [0.1, 0.15) is 67.0 Å². The number of aliphatic carboxylic acids is 2. The molecule has 86 heavy (non-hydrogen) atoms. The molecule has 3 aliphatic heterocycles. The van der Waals surface area contributed by atoms with Crippen molar-refractivity contribution in [2.45, 2.75) is 151 Å². The minimum Gasteiger partial charge on any atom is -0.481 e. The van der Waals surface area contributed by atoms with Crippen LogP contribution in [0.3, 0.4) is 0 Å². The highest BCUT2D eigenvalue weighted by Crippen LogP contribution is 2.27. The van der Waals surface area contributed by atoms with Gasteiger partial charge in [0.25, 0.3) is 0 Å². The first-order chi connectivity index (χ1) is 40.7. The first-order valence-electron chi connectivity index (χ1n) is 27.9. The Morgan fingerprint density at radius 3 is 1.50 bits per heavy atom. The van der Waals surface area contributed by atoms with E-state index in [-0.39, 0.29) is 58.3 Å². The van der Waals surface area contributed by atoms with Crippen LogP contribution in [0.5, 0.6) is 0 Å². The molecule has 3 heterocycles. The van der Waals surface area contributed by atoms with Crippen molar-refractivity contribution in [2.24, 2.45) is 11.5 Å². The monoisotopic (exact) mass is 1230 g/mol. The van der Waals surface area contributed by atoms with E-state index < -0.39 is 214 Å². The number of aliphatic hydroxyl groups excluding tert-OH is 4. The first kappa shape index (κ1) is 72.1. The van der Waals surface area contributed by atoms with Crippen molar-refractivity contribution in [1.29, 1.82) is 0 Å². The maximum atomic E-state index is 14.2. The Hall–Kier alpha value is -8.19. The molecule has 20 N–H and O–H groups in total. The molecule has 0 aromatic heterocycles. The minimum atomic E-state index is -1.81. The molecule has 0 aliphatic carbocycles. The van der Waals surface area contributed by atoms with Crippen LogP contribution >= 0.6 is 0 Å². The predicted octanol–water partition coefficient (Wildman–Crippen LogP) is -10.9. The van der Waals surface area contributed by atoms with E-state index in [1.165, 1.54) is 16.7 Å². The van der Waals surface area contributed by atoms with E-state index in [1.54, 1.807) is 0 Å². The zero-order chi connectivity index (χ0) is 64.4. The van der Waals surface area contributed by atoms with Gasteiger partial charge in [0.2, 0.25) is 76.8 Å². The van der Waals surface area contributed by atoms with Gasteiger partial charge in [-0.25, -0.2) is 0 Å². The van der Waals surface area contributed by atoms with Crippen molar-refractivity contribution >= 4 is 88.7 Å². The molecule has 0 unspecified atom stereocenters. The maximum Gasteiger partial charge on any atom is 0.322 e. The molecule has 3 saturated heterocycles. The second kappa shape index (κ2) is 36.0. The first-order valence-corrected chi connectivity index (χ1v) is 27.9. The normalized spacial score (nSPS) is 19.1. The Balaban J connectivity index is 1.62. The summed E-state index contributed by atoms with van der Waals surface area (Å²) in [7, 11) is 0. The van der Waals surface area contributed by atoms with Crippen LogP contribution in [0.1, 0.15) is 84.5 Å². The fraction of sp³-hybridized carbons (Fsp3) is 0.700. The molecule has 482 valence electrons. The number of carbonyl (C=O) groups is 15. The Morgan fingerprint density at radius 2 is 0.953 bits per heavy atom.